The van der Waals surface area contributed by atoms with E-state index in [0.717, 1.165) is 17.2 Å². The number of carbonyl (C=O) groups is 1. The van der Waals surface area contributed by atoms with Crippen molar-refractivity contribution in [2.45, 2.75) is 45.3 Å². The fourth-order valence-corrected chi connectivity index (χ4v) is 6.33. The normalized spacial score (nSPS) is 11.7. The van der Waals surface area contributed by atoms with E-state index in [-0.39, 0.29) is 24.1 Å². The van der Waals surface area contributed by atoms with Crippen molar-refractivity contribution in [2.75, 3.05) is 6.61 Å². The first kappa shape index (κ1) is 31.8. The highest BCUT2D eigenvalue weighted by molar-refractivity contribution is 6.76. The Hall–Kier alpha value is -5.15. The van der Waals surface area contributed by atoms with Crippen molar-refractivity contribution in [3.8, 4) is 23.3 Å². The van der Waals surface area contributed by atoms with Gasteiger partial charge in [-0.05, 0) is 47.0 Å². The Balaban J connectivity index is 1.66. The van der Waals surface area contributed by atoms with Crippen molar-refractivity contribution in [3.63, 3.8) is 0 Å². The Kier molecular flexibility index (Phi) is 9.00. The SMILES string of the molecule is CC(=O)Oc1c2c(OCC[Si](C)(C)C)c3cccnc3c(OC(c3ccccc3)c3ccccc3)c2c(O)n1Cc1ccc(F)cc1. The summed E-state index contributed by atoms with van der Waals surface area (Å²) in [6.45, 7) is 8.63. The maximum absolute atomic E-state index is 13.8. The third-order valence-corrected chi connectivity index (χ3v) is 9.65. The van der Waals surface area contributed by atoms with Crippen molar-refractivity contribution in [1.82, 2.24) is 9.55 Å². The van der Waals surface area contributed by atoms with E-state index in [1.165, 1.54) is 23.6 Å². The first-order valence-corrected chi connectivity index (χ1v) is 19.3. The number of hydrogen-bond donors (Lipinski definition) is 1. The number of nitrogens with zero attached hydrogens (tertiary/aromatic N) is 2. The van der Waals surface area contributed by atoms with Gasteiger partial charge in [0.1, 0.15) is 23.2 Å². The number of esters is 1. The molecule has 0 bridgehead atoms. The standard InChI is InChI=1S/C38H37FN2O5Si/c1-25(42)45-38-32-31(37(43)41(38)24-26-17-19-29(39)20-18-26)36(33-30(16-11-21-40-33)35(32)44-22-23-47(2,3)4)46-34(27-12-7-5-8-13-27)28-14-9-6-10-15-28/h5-21,34,43H,22-24H2,1-4H3. The molecule has 6 rings (SSSR count). The molecule has 47 heavy (non-hydrogen) atoms. The number of halogens is 1. The van der Waals surface area contributed by atoms with E-state index in [1.54, 1.807) is 18.3 Å². The number of hydrogen-bond acceptors (Lipinski definition) is 6. The van der Waals surface area contributed by atoms with Crippen LogP contribution in [0.15, 0.2) is 103 Å². The van der Waals surface area contributed by atoms with E-state index >= 15 is 0 Å². The molecule has 0 aliphatic rings. The van der Waals surface area contributed by atoms with E-state index in [1.807, 2.05) is 72.8 Å². The minimum atomic E-state index is -1.49. The number of aromatic hydroxyl groups is 1. The van der Waals surface area contributed by atoms with E-state index in [0.29, 0.717) is 45.3 Å². The largest absolute Gasteiger partial charge is 0.494 e. The van der Waals surface area contributed by atoms with Crippen LogP contribution in [0.1, 0.15) is 29.7 Å². The van der Waals surface area contributed by atoms with Gasteiger partial charge in [0.25, 0.3) is 0 Å². The highest BCUT2D eigenvalue weighted by Gasteiger charge is 2.32. The fraction of sp³-hybridized carbons (Fsp3) is 0.211. The maximum Gasteiger partial charge on any atom is 0.309 e. The van der Waals surface area contributed by atoms with E-state index in [2.05, 4.69) is 19.6 Å². The topological polar surface area (TPSA) is 82.8 Å². The summed E-state index contributed by atoms with van der Waals surface area (Å²) < 4.78 is 34.8. The lowest BCUT2D eigenvalue weighted by Gasteiger charge is -2.23. The summed E-state index contributed by atoms with van der Waals surface area (Å²) in [5, 5.41) is 13.5. The van der Waals surface area contributed by atoms with Crippen LogP contribution < -0.4 is 14.2 Å². The molecular weight excluding hydrogens is 612 g/mol. The molecule has 9 heteroatoms. The highest BCUT2D eigenvalue weighted by atomic mass is 28.3. The molecule has 0 aliphatic carbocycles. The number of rotatable bonds is 11. The predicted molar refractivity (Wildman–Crippen MR) is 185 cm³/mol. The number of pyridine rings is 1. The lowest BCUT2D eigenvalue weighted by molar-refractivity contribution is -0.132. The van der Waals surface area contributed by atoms with Crippen LogP contribution in [-0.4, -0.2) is 35.3 Å². The summed E-state index contributed by atoms with van der Waals surface area (Å²) in [6.07, 6.45) is 1.11. The lowest BCUT2D eigenvalue weighted by atomic mass is 10.0. The van der Waals surface area contributed by atoms with Crippen molar-refractivity contribution in [2.24, 2.45) is 0 Å². The molecule has 0 fully saturated rings. The third kappa shape index (κ3) is 6.85. The lowest BCUT2D eigenvalue weighted by Crippen LogP contribution is -2.22. The smallest absolute Gasteiger partial charge is 0.309 e. The van der Waals surface area contributed by atoms with Crippen molar-refractivity contribution < 1.29 is 28.5 Å². The zero-order valence-electron chi connectivity index (χ0n) is 26.9. The van der Waals surface area contributed by atoms with E-state index in [4.69, 9.17) is 19.2 Å². The molecule has 0 saturated heterocycles. The summed E-state index contributed by atoms with van der Waals surface area (Å²) in [4.78, 5) is 17.4. The van der Waals surface area contributed by atoms with Crippen LogP contribution in [0.4, 0.5) is 4.39 Å². The van der Waals surface area contributed by atoms with Gasteiger partial charge in [-0.3, -0.25) is 14.3 Å². The molecule has 1 N–H and O–H groups in total. The molecular formula is C38H37FN2O5Si. The number of fused-ring (bicyclic) bond motifs is 2. The van der Waals surface area contributed by atoms with Crippen LogP contribution in [0.25, 0.3) is 21.7 Å². The Bertz CT molecular complexity index is 1980. The average molecular weight is 649 g/mol. The first-order valence-electron chi connectivity index (χ1n) is 15.6. The van der Waals surface area contributed by atoms with Crippen molar-refractivity contribution in [3.05, 3.63) is 126 Å². The van der Waals surface area contributed by atoms with Crippen LogP contribution in [0.5, 0.6) is 23.3 Å². The molecule has 2 heterocycles. The summed E-state index contributed by atoms with van der Waals surface area (Å²) in [6, 6.07) is 30.2. The fourth-order valence-electron chi connectivity index (χ4n) is 5.62. The first-order chi connectivity index (χ1) is 22.6. The van der Waals surface area contributed by atoms with Crippen LogP contribution in [0.3, 0.4) is 0 Å². The van der Waals surface area contributed by atoms with Gasteiger partial charge in [-0.2, -0.15) is 0 Å². The van der Waals surface area contributed by atoms with Crippen molar-refractivity contribution >= 4 is 35.7 Å². The zero-order valence-corrected chi connectivity index (χ0v) is 27.9. The molecule has 0 spiro atoms. The van der Waals surface area contributed by atoms with E-state index < -0.39 is 20.1 Å². The number of ether oxygens (including phenoxy) is 3. The monoisotopic (exact) mass is 648 g/mol. The summed E-state index contributed by atoms with van der Waals surface area (Å²) in [5.74, 6) is -0.293. The maximum atomic E-state index is 13.8. The average Bonchev–Trinajstić information content (AvgIpc) is 3.31. The second-order valence-electron chi connectivity index (χ2n) is 12.7. The highest BCUT2D eigenvalue weighted by Crippen LogP contribution is 2.53. The molecule has 0 amide bonds. The minimum absolute atomic E-state index is 0.0851. The minimum Gasteiger partial charge on any atom is -0.494 e. The molecule has 0 saturated carbocycles. The Labute approximate surface area is 274 Å². The van der Waals surface area contributed by atoms with Gasteiger partial charge in [-0.25, -0.2) is 4.39 Å². The van der Waals surface area contributed by atoms with Gasteiger partial charge in [-0.1, -0.05) is 92.4 Å². The summed E-state index contributed by atoms with van der Waals surface area (Å²) in [7, 11) is -1.49. The van der Waals surface area contributed by atoms with Crippen LogP contribution in [-0.2, 0) is 11.3 Å². The van der Waals surface area contributed by atoms with Gasteiger partial charge in [-0.15, -0.1) is 0 Å². The second kappa shape index (κ2) is 13.3. The number of carbonyl (C=O) groups excluding carboxylic acids is 1. The van der Waals surface area contributed by atoms with Gasteiger partial charge in [0.15, 0.2) is 5.75 Å². The van der Waals surface area contributed by atoms with Gasteiger partial charge in [0.2, 0.25) is 11.8 Å². The van der Waals surface area contributed by atoms with Crippen LogP contribution >= 0.6 is 0 Å². The Morgan fingerprint density at radius 2 is 1.51 bits per heavy atom. The van der Waals surface area contributed by atoms with Gasteiger partial charge >= 0.3 is 5.97 Å². The summed E-state index contributed by atoms with van der Waals surface area (Å²) in [5.41, 5.74) is 2.98. The molecule has 2 aromatic heterocycles. The molecule has 4 aromatic carbocycles. The molecule has 240 valence electrons. The van der Waals surface area contributed by atoms with Gasteiger partial charge < -0.3 is 19.3 Å². The summed E-state index contributed by atoms with van der Waals surface area (Å²) >= 11 is 0. The molecule has 6 aromatic rings. The second-order valence-corrected chi connectivity index (χ2v) is 18.3. The third-order valence-electron chi connectivity index (χ3n) is 7.94. The zero-order chi connectivity index (χ0) is 33.1. The van der Waals surface area contributed by atoms with Crippen LogP contribution in [0, 0.1) is 5.82 Å². The molecule has 0 aliphatic heterocycles. The predicted octanol–water partition coefficient (Wildman–Crippen LogP) is 8.89. The van der Waals surface area contributed by atoms with E-state index in [9.17, 15) is 14.3 Å². The molecule has 7 nitrogen and oxygen atoms in total. The molecule has 0 radical (unpaired) electrons. The molecule has 0 atom stereocenters. The number of aromatic nitrogens is 2. The Morgan fingerprint density at radius 1 is 0.872 bits per heavy atom. The Morgan fingerprint density at radius 3 is 2.11 bits per heavy atom. The molecule has 0 unspecified atom stereocenters. The van der Waals surface area contributed by atoms with Gasteiger partial charge in [0, 0.05) is 26.6 Å². The quantitative estimate of drug-likeness (QED) is 0.112. The van der Waals surface area contributed by atoms with Gasteiger partial charge in [0.05, 0.1) is 23.9 Å². The van der Waals surface area contributed by atoms with Crippen LogP contribution in [0.2, 0.25) is 25.7 Å². The van der Waals surface area contributed by atoms with Crippen molar-refractivity contribution in [1.29, 1.82) is 0 Å². The number of benzene rings is 4.